The largest absolute Gasteiger partial charge is 0.370 e. The molecule has 3 aromatic rings. The van der Waals surface area contributed by atoms with Gasteiger partial charge in [0, 0.05) is 43.9 Å². The van der Waals surface area contributed by atoms with Crippen molar-refractivity contribution in [3.8, 4) is 0 Å². The normalized spacial score (nSPS) is 23.9. The van der Waals surface area contributed by atoms with E-state index in [1.165, 1.54) is 16.8 Å². The highest BCUT2D eigenvalue weighted by molar-refractivity contribution is 5.78. The van der Waals surface area contributed by atoms with Crippen LogP contribution in [0.5, 0.6) is 0 Å². The zero-order valence-corrected chi connectivity index (χ0v) is 21.5. The van der Waals surface area contributed by atoms with Crippen molar-refractivity contribution in [2.45, 2.75) is 70.5 Å². The lowest BCUT2D eigenvalue weighted by Gasteiger charge is -2.37. The number of carbonyl (C=O) groups is 2. The molecular formula is C31H38N4O2. The second-order valence-corrected chi connectivity index (χ2v) is 11.1. The van der Waals surface area contributed by atoms with Crippen molar-refractivity contribution in [1.82, 2.24) is 14.5 Å². The Labute approximate surface area is 219 Å². The fourth-order valence-electron chi connectivity index (χ4n) is 6.67. The minimum atomic E-state index is -0.208. The van der Waals surface area contributed by atoms with Gasteiger partial charge in [-0.2, -0.15) is 0 Å². The van der Waals surface area contributed by atoms with Crippen molar-refractivity contribution in [2.24, 2.45) is 23.5 Å². The van der Waals surface area contributed by atoms with Gasteiger partial charge in [-0.1, -0.05) is 60.7 Å². The van der Waals surface area contributed by atoms with Crippen LogP contribution in [0.2, 0.25) is 0 Å². The number of imidazole rings is 1. The Bertz CT molecular complexity index is 1180. The summed E-state index contributed by atoms with van der Waals surface area (Å²) in [5, 5.41) is 0. The minimum Gasteiger partial charge on any atom is -0.370 e. The van der Waals surface area contributed by atoms with Gasteiger partial charge in [0.05, 0.1) is 6.33 Å². The molecule has 1 aliphatic carbocycles. The Kier molecular flexibility index (Phi) is 8.02. The highest BCUT2D eigenvalue weighted by Crippen LogP contribution is 2.41. The molecule has 2 fully saturated rings. The van der Waals surface area contributed by atoms with Gasteiger partial charge in [-0.25, -0.2) is 4.98 Å². The first-order chi connectivity index (χ1) is 18.0. The highest BCUT2D eigenvalue weighted by Gasteiger charge is 2.36. The monoisotopic (exact) mass is 498 g/mol. The van der Waals surface area contributed by atoms with E-state index in [2.05, 4.69) is 50.8 Å². The maximum Gasteiger partial charge on any atom is 0.223 e. The molecule has 4 atom stereocenters. The first kappa shape index (κ1) is 25.2. The number of hydrogen-bond donors (Lipinski definition) is 1. The topological polar surface area (TPSA) is 81.2 Å². The van der Waals surface area contributed by atoms with Crippen molar-refractivity contribution in [1.29, 1.82) is 0 Å². The van der Waals surface area contributed by atoms with Gasteiger partial charge in [-0.15, -0.1) is 0 Å². The minimum absolute atomic E-state index is 0.208. The molecule has 6 heteroatoms. The number of hydrogen-bond acceptors (Lipinski definition) is 3. The lowest BCUT2D eigenvalue weighted by Crippen LogP contribution is -2.36. The van der Waals surface area contributed by atoms with Gasteiger partial charge >= 0.3 is 0 Å². The first-order valence-electron chi connectivity index (χ1n) is 13.7. The van der Waals surface area contributed by atoms with Crippen LogP contribution in [0.25, 0.3) is 0 Å². The lowest BCUT2D eigenvalue weighted by atomic mass is 9.70. The molecule has 1 aromatic heterocycles. The van der Waals surface area contributed by atoms with Crippen LogP contribution >= 0.6 is 0 Å². The molecule has 2 heterocycles. The van der Waals surface area contributed by atoms with Crippen LogP contribution in [-0.4, -0.2) is 32.3 Å². The fraction of sp³-hybridized carbons (Fsp3) is 0.452. The van der Waals surface area contributed by atoms with E-state index < -0.39 is 0 Å². The van der Waals surface area contributed by atoms with Gasteiger partial charge < -0.3 is 15.2 Å². The molecule has 2 amide bonds. The van der Waals surface area contributed by atoms with E-state index in [0.717, 1.165) is 45.1 Å². The molecule has 4 unspecified atom stereocenters. The molecule has 194 valence electrons. The van der Waals surface area contributed by atoms with Crippen molar-refractivity contribution in [3.63, 3.8) is 0 Å². The van der Waals surface area contributed by atoms with Crippen LogP contribution in [0, 0.1) is 17.8 Å². The summed E-state index contributed by atoms with van der Waals surface area (Å²) in [7, 11) is 0. The van der Waals surface area contributed by atoms with Crippen LogP contribution in [0.15, 0.2) is 73.2 Å². The summed E-state index contributed by atoms with van der Waals surface area (Å²) < 4.78 is 2.25. The fourth-order valence-corrected chi connectivity index (χ4v) is 6.67. The van der Waals surface area contributed by atoms with Crippen LogP contribution in [0.4, 0.5) is 0 Å². The Hall–Kier alpha value is -3.41. The molecule has 1 aliphatic heterocycles. The number of primary amides is 1. The Morgan fingerprint density at radius 1 is 0.892 bits per heavy atom. The third-order valence-electron chi connectivity index (χ3n) is 8.24. The molecular weight excluding hydrogens is 460 g/mol. The number of amides is 2. The Balaban J connectivity index is 1.27. The summed E-state index contributed by atoms with van der Waals surface area (Å²) in [5.74, 6) is 1.34. The number of aromatic nitrogens is 2. The standard InChI is InChI=1S/C31H38N4O2/c32-30(36)18-27-14-25(16-28-11-12-31(37)35(28)21-24-9-5-2-6-10-24)13-26(15-27)17-29-19-33-22-34(29)20-23-7-3-1-4-8-23/h1-10,19,22,25-28H,11-18,20-21H2,(H2,32,36). The highest BCUT2D eigenvalue weighted by atomic mass is 16.2. The van der Waals surface area contributed by atoms with E-state index in [9.17, 15) is 9.59 Å². The molecule has 2 aliphatic rings. The number of likely N-dealkylation sites (tertiary alicyclic amines) is 1. The Morgan fingerprint density at radius 3 is 2.24 bits per heavy atom. The molecule has 1 saturated heterocycles. The predicted octanol–water partition coefficient (Wildman–Crippen LogP) is 4.96. The van der Waals surface area contributed by atoms with Gasteiger partial charge in [0.1, 0.15) is 0 Å². The molecule has 37 heavy (non-hydrogen) atoms. The van der Waals surface area contributed by atoms with E-state index in [1.807, 2.05) is 36.8 Å². The number of nitrogens with two attached hydrogens (primary N) is 1. The smallest absolute Gasteiger partial charge is 0.223 e. The molecule has 6 nitrogen and oxygen atoms in total. The molecule has 2 aromatic carbocycles. The van der Waals surface area contributed by atoms with Crippen LogP contribution in [0.3, 0.4) is 0 Å². The van der Waals surface area contributed by atoms with Crippen molar-refractivity contribution >= 4 is 11.8 Å². The maximum absolute atomic E-state index is 12.8. The van der Waals surface area contributed by atoms with Crippen LogP contribution < -0.4 is 5.73 Å². The van der Waals surface area contributed by atoms with Gasteiger partial charge in [-0.3, -0.25) is 9.59 Å². The van der Waals surface area contributed by atoms with E-state index in [-0.39, 0.29) is 17.9 Å². The third kappa shape index (κ3) is 6.68. The van der Waals surface area contributed by atoms with Crippen molar-refractivity contribution in [2.75, 3.05) is 0 Å². The summed E-state index contributed by atoms with van der Waals surface area (Å²) in [6.45, 7) is 1.50. The van der Waals surface area contributed by atoms with Gasteiger partial charge in [0.2, 0.25) is 11.8 Å². The molecule has 5 rings (SSSR count). The second kappa shape index (κ2) is 11.8. The summed E-state index contributed by atoms with van der Waals surface area (Å²) in [6.07, 6.45) is 11.1. The van der Waals surface area contributed by atoms with Crippen molar-refractivity contribution < 1.29 is 9.59 Å². The van der Waals surface area contributed by atoms with Crippen LogP contribution in [0.1, 0.15) is 61.8 Å². The lowest BCUT2D eigenvalue weighted by molar-refractivity contribution is -0.129. The maximum atomic E-state index is 12.8. The van der Waals surface area contributed by atoms with E-state index in [4.69, 9.17) is 5.73 Å². The molecule has 2 N–H and O–H groups in total. The molecule has 0 radical (unpaired) electrons. The molecule has 1 saturated carbocycles. The zero-order valence-electron chi connectivity index (χ0n) is 21.5. The zero-order chi connectivity index (χ0) is 25.6. The average Bonchev–Trinajstić information content (AvgIpc) is 3.46. The number of nitrogens with zero attached hydrogens (tertiary/aromatic N) is 3. The van der Waals surface area contributed by atoms with Gasteiger partial charge in [0.25, 0.3) is 0 Å². The summed E-state index contributed by atoms with van der Waals surface area (Å²) in [5.41, 5.74) is 9.33. The summed E-state index contributed by atoms with van der Waals surface area (Å²) >= 11 is 0. The predicted molar refractivity (Wildman–Crippen MR) is 144 cm³/mol. The third-order valence-corrected chi connectivity index (χ3v) is 8.24. The van der Waals surface area contributed by atoms with Crippen molar-refractivity contribution in [3.05, 3.63) is 90.0 Å². The second-order valence-electron chi connectivity index (χ2n) is 11.1. The SMILES string of the molecule is NC(=O)CC1CC(Cc2cncn2Cc2ccccc2)CC(CC2CCC(=O)N2Cc2ccccc2)C1. The van der Waals surface area contributed by atoms with Crippen LogP contribution in [-0.2, 0) is 29.1 Å². The van der Waals surface area contributed by atoms with E-state index in [0.29, 0.717) is 37.1 Å². The number of rotatable bonds is 10. The average molecular weight is 499 g/mol. The summed E-state index contributed by atoms with van der Waals surface area (Å²) in [4.78, 5) is 31.2. The molecule has 0 spiro atoms. The van der Waals surface area contributed by atoms with E-state index in [1.54, 1.807) is 0 Å². The van der Waals surface area contributed by atoms with Gasteiger partial charge in [0.15, 0.2) is 0 Å². The Morgan fingerprint density at radius 2 is 1.54 bits per heavy atom. The quantitative estimate of drug-likeness (QED) is 0.429. The number of benzene rings is 2. The molecule has 0 bridgehead atoms. The summed E-state index contributed by atoms with van der Waals surface area (Å²) in [6, 6.07) is 21.0. The van der Waals surface area contributed by atoms with E-state index >= 15 is 0 Å². The number of carbonyl (C=O) groups excluding carboxylic acids is 2. The first-order valence-corrected chi connectivity index (χ1v) is 13.7. The van der Waals surface area contributed by atoms with Gasteiger partial charge in [-0.05, 0) is 67.4 Å².